The van der Waals surface area contributed by atoms with Crippen molar-refractivity contribution >= 4 is 38.9 Å². The van der Waals surface area contributed by atoms with E-state index in [1.807, 2.05) is 0 Å². The number of nitrogens with two attached hydrogens (primary N) is 1. The van der Waals surface area contributed by atoms with Gasteiger partial charge in [-0.2, -0.15) is 0 Å². The monoisotopic (exact) mass is 445 g/mol. The predicted octanol–water partition coefficient (Wildman–Crippen LogP) is 3.86. The highest BCUT2D eigenvalue weighted by Gasteiger charge is 2.19. The second kappa shape index (κ2) is 9.17. The van der Waals surface area contributed by atoms with E-state index < -0.39 is 15.9 Å². The van der Waals surface area contributed by atoms with Crippen LogP contribution in [0.25, 0.3) is 0 Å². The molecule has 0 heterocycles. The molecule has 30 heavy (non-hydrogen) atoms. The quantitative estimate of drug-likeness (QED) is 0.511. The molecule has 0 saturated heterocycles. The molecule has 3 rings (SSSR count). The number of para-hydroxylation sites is 1. The molecule has 0 atom stereocenters. The van der Waals surface area contributed by atoms with Crippen LogP contribution in [0.15, 0.2) is 71.6 Å². The first-order chi connectivity index (χ1) is 14.3. The summed E-state index contributed by atoms with van der Waals surface area (Å²) in [5.41, 5.74) is 7.12. The number of benzene rings is 3. The molecule has 0 aliphatic heterocycles. The van der Waals surface area contributed by atoms with E-state index in [9.17, 15) is 13.2 Å². The Morgan fingerprint density at radius 2 is 1.77 bits per heavy atom. The molecule has 7 nitrogen and oxygen atoms in total. The summed E-state index contributed by atoms with van der Waals surface area (Å²) >= 11 is 6.09. The van der Waals surface area contributed by atoms with Crippen molar-refractivity contribution in [3.63, 3.8) is 0 Å². The lowest BCUT2D eigenvalue weighted by molar-refractivity contribution is 0.102. The molecule has 156 valence electrons. The molecular formula is C21H20ClN3O4S. The van der Waals surface area contributed by atoms with Crippen molar-refractivity contribution in [1.82, 2.24) is 0 Å². The van der Waals surface area contributed by atoms with Crippen molar-refractivity contribution in [3.05, 3.63) is 82.9 Å². The summed E-state index contributed by atoms with van der Waals surface area (Å²) in [4.78, 5) is 12.8. The first-order valence-electron chi connectivity index (χ1n) is 8.90. The second-order valence-electron chi connectivity index (χ2n) is 6.30. The lowest BCUT2D eigenvalue weighted by Gasteiger charge is -2.13. The number of hydrogen-bond acceptors (Lipinski definition) is 5. The topological polar surface area (TPSA) is 111 Å². The van der Waals surface area contributed by atoms with Gasteiger partial charge in [-0.15, -0.1) is 0 Å². The number of carbonyl (C=O) groups excluding carboxylic acids is 1. The number of halogens is 1. The molecule has 0 fully saturated rings. The van der Waals surface area contributed by atoms with Gasteiger partial charge in [0.15, 0.2) is 0 Å². The smallest absolute Gasteiger partial charge is 0.261 e. The Labute approximate surface area is 179 Å². The minimum absolute atomic E-state index is 0.0665. The summed E-state index contributed by atoms with van der Waals surface area (Å²) in [6.07, 6.45) is 0. The van der Waals surface area contributed by atoms with Crippen molar-refractivity contribution in [2.45, 2.75) is 11.4 Å². The van der Waals surface area contributed by atoms with Crippen molar-refractivity contribution in [2.75, 3.05) is 17.1 Å². The fourth-order valence-corrected chi connectivity index (χ4v) is 4.06. The van der Waals surface area contributed by atoms with Gasteiger partial charge in [0, 0.05) is 12.2 Å². The van der Waals surface area contributed by atoms with Crippen LogP contribution in [0.4, 0.5) is 11.4 Å². The Morgan fingerprint density at radius 3 is 2.40 bits per heavy atom. The summed E-state index contributed by atoms with van der Waals surface area (Å²) in [7, 11) is -2.40. The second-order valence-corrected chi connectivity index (χ2v) is 8.39. The van der Waals surface area contributed by atoms with Crippen LogP contribution in [-0.2, 0) is 16.6 Å². The van der Waals surface area contributed by atoms with E-state index in [0.29, 0.717) is 23.0 Å². The van der Waals surface area contributed by atoms with E-state index in [0.717, 1.165) is 5.56 Å². The Morgan fingerprint density at radius 1 is 1.07 bits per heavy atom. The minimum atomic E-state index is -3.89. The van der Waals surface area contributed by atoms with Crippen molar-refractivity contribution < 1.29 is 17.9 Å². The summed E-state index contributed by atoms with van der Waals surface area (Å²) in [6.45, 7) is 0.312. The molecule has 3 aromatic rings. The largest absolute Gasteiger partial charge is 0.495 e. The Kier molecular flexibility index (Phi) is 6.61. The Bertz CT molecular complexity index is 1170. The number of ether oxygens (including phenoxy) is 1. The van der Waals surface area contributed by atoms with Gasteiger partial charge in [0.25, 0.3) is 15.9 Å². The summed E-state index contributed by atoms with van der Waals surface area (Å²) in [5, 5.41) is 3.04. The van der Waals surface area contributed by atoms with Crippen molar-refractivity contribution in [1.29, 1.82) is 0 Å². The van der Waals surface area contributed by atoms with Crippen LogP contribution in [0, 0.1) is 0 Å². The minimum Gasteiger partial charge on any atom is -0.495 e. The van der Waals surface area contributed by atoms with Gasteiger partial charge in [-0.3, -0.25) is 9.52 Å². The van der Waals surface area contributed by atoms with Crippen LogP contribution in [-0.4, -0.2) is 21.4 Å². The zero-order valence-corrected chi connectivity index (χ0v) is 17.6. The maximum absolute atomic E-state index is 12.8. The van der Waals surface area contributed by atoms with Gasteiger partial charge in [0.05, 0.1) is 28.3 Å². The first kappa shape index (κ1) is 21.6. The van der Waals surface area contributed by atoms with Crippen LogP contribution in [0.2, 0.25) is 5.02 Å². The van der Waals surface area contributed by atoms with E-state index in [-0.39, 0.29) is 16.1 Å². The predicted molar refractivity (Wildman–Crippen MR) is 118 cm³/mol. The number of methoxy groups -OCH3 is 1. The molecule has 4 N–H and O–H groups in total. The van der Waals surface area contributed by atoms with Gasteiger partial charge >= 0.3 is 0 Å². The van der Waals surface area contributed by atoms with Gasteiger partial charge in [-0.25, -0.2) is 8.42 Å². The van der Waals surface area contributed by atoms with Gasteiger partial charge in [-0.05, 0) is 48.0 Å². The highest BCUT2D eigenvalue weighted by Crippen LogP contribution is 2.28. The number of amides is 1. The van der Waals surface area contributed by atoms with Gasteiger partial charge in [0.1, 0.15) is 5.75 Å². The molecule has 0 aliphatic rings. The van der Waals surface area contributed by atoms with Crippen molar-refractivity contribution in [3.8, 4) is 5.75 Å². The van der Waals surface area contributed by atoms with E-state index in [1.165, 1.54) is 31.4 Å². The van der Waals surface area contributed by atoms with Gasteiger partial charge < -0.3 is 15.8 Å². The Balaban J connectivity index is 1.84. The van der Waals surface area contributed by atoms with Gasteiger partial charge in [0.2, 0.25) is 0 Å². The molecule has 0 radical (unpaired) electrons. The average Bonchev–Trinajstić information content (AvgIpc) is 2.74. The maximum atomic E-state index is 12.8. The highest BCUT2D eigenvalue weighted by molar-refractivity contribution is 7.92. The third-order valence-electron chi connectivity index (χ3n) is 4.30. The van der Waals surface area contributed by atoms with Crippen LogP contribution < -0.4 is 20.5 Å². The van der Waals surface area contributed by atoms with Crippen LogP contribution >= 0.6 is 11.6 Å². The molecule has 0 bridgehead atoms. The number of sulfonamides is 1. The van der Waals surface area contributed by atoms with Crippen LogP contribution in [0.5, 0.6) is 5.75 Å². The van der Waals surface area contributed by atoms with Gasteiger partial charge in [-0.1, -0.05) is 35.9 Å². The molecule has 0 aromatic heterocycles. The lowest BCUT2D eigenvalue weighted by Crippen LogP contribution is -2.18. The van der Waals surface area contributed by atoms with E-state index in [2.05, 4.69) is 10.0 Å². The molecule has 0 spiro atoms. The third kappa shape index (κ3) is 4.91. The fraction of sp³-hybridized carbons (Fsp3) is 0.0952. The summed E-state index contributed by atoms with van der Waals surface area (Å²) in [6, 6.07) is 17.3. The van der Waals surface area contributed by atoms with E-state index >= 15 is 0 Å². The fourth-order valence-electron chi connectivity index (χ4n) is 2.72. The lowest BCUT2D eigenvalue weighted by atomic mass is 10.1. The van der Waals surface area contributed by atoms with Crippen LogP contribution in [0.3, 0.4) is 0 Å². The summed E-state index contributed by atoms with van der Waals surface area (Å²) in [5.74, 6) is -0.0171. The average molecular weight is 446 g/mol. The van der Waals surface area contributed by atoms with E-state index in [1.54, 1.807) is 42.5 Å². The molecule has 0 saturated carbocycles. The number of hydrogen-bond donors (Lipinski definition) is 3. The molecule has 0 aliphatic carbocycles. The Hall–Kier alpha value is -3.07. The first-order valence-corrected chi connectivity index (χ1v) is 10.8. The molecule has 9 heteroatoms. The zero-order chi connectivity index (χ0) is 21.7. The van der Waals surface area contributed by atoms with Crippen molar-refractivity contribution in [2.24, 2.45) is 5.73 Å². The normalized spacial score (nSPS) is 11.0. The molecule has 0 unspecified atom stereocenters. The summed E-state index contributed by atoms with van der Waals surface area (Å²) < 4.78 is 33.1. The van der Waals surface area contributed by atoms with E-state index in [4.69, 9.17) is 22.1 Å². The maximum Gasteiger partial charge on any atom is 0.261 e. The molecule has 3 aromatic carbocycles. The standard InChI is InChI=1S/C21H20ClN3O4S/c1-29-20-11-8-15(12-18(20)22)24-21(26)17-4-2-3-5-19(17)25-30(27,28)16-9-6-14(13-23)7-10-16/h2-12,25H,13,23H2,1H3,(H,24,26). The number of anilines is 2. The molecular weight excluding hydrogens is 426 g/mol. The zero-order valence-electron chi connectivity index (χ0n) is 16.1. The molecule has 1 amide bonds. The number of rotatable bonds is 7. The third-order valence-corrected chi connectivity index (χ3v) is 5.97. The highest BCUT2D eigenvalue weighted by atomic mass is 35.5. The number of nitrogens with one attached hydrogen (secondary N) is 2. The number of carbonyl (C=O) groups is 1. The van der Waals surface area contributed by atoms with Crippen LogP contribution in [0.1, 0.15) is 15.9 Å². The SMILES string of the molecule is COc1ccc(NC(=O)c2ccccc2NS(=O)(=O)c2ccc(CN)cc2)cc1Cl.